The van der Waals surface area contributed by atoms with Crippen molar-refractivity contribution in [3.63, 3.8) is 0 Å². The Morgan fingerprint density at radius 1 is 0.698 bits per heavy atom. The molecule has 7 nitrogen and oxygen atoms in total. The quantitative estimate of drug-likeness (QED) is 0.163. The van der Waals surface area contributed by atoms with E-state index < -0.39 is 17.4 Å². The highest BCUT2D eigenvalue weighted by atomic mass is 16.4. The topological polar surface area (TPSA) is 101 Å². The van der Waals surface area contributed by atoms with Gasteiger partial charge in [0.05, 0.1) is 0 Å². The van der Waals surface area contributed by atoms with Crippen LogP contribution in [-0.4, -0.2) is 72.3 Å². The predicted molar refractivity (Wildman–Crippen MR) is 220 cm³/mol. The van der Waals surface area contributed by atoms with E-state index >= 15 is 0 Å². The smallest absolute Gasteiger partial charge is 0.321 e. The van der Waals surface area contributed by atoms with Crippen molar-refractivity contribution in [2.75, 3.05) is 13.1 Å². The lowest BCUT2D eigenvalue weighted by Crippen LogP contribution is -2.64. The molecule has 0 bridgehead atoms. The lowest BCUT2D eigenvalue weighted by Gasteiger charge is -2.60. The lowest BCUT2D eigenvalue weighted by molar-refractivity contribution is -0.169. The van der Waals surface area contributed by atoms with Crippen LogP contribution in [-0.2, 0) is 26.8 Å². The van der Waals surface area contributed by atoms with Gasteiger partial charge in [0.1, 0.15) is 5.75 Å². The van der Waals surface area contributed by atoms with Crippen molar-refractivity contribution < 1.29 is 24.9 Å². The number of aromatic hydroxyl groups is 1. The van der Waals surface area contributed by atoms with Crippen LogP contribution >= 0.6 is 0 Å². The molecule has 0 spiro atoms. The highest BCUT2D eigenvalue weighted by Crippen LogP contribution is 2.54. The second-order valence-electron chi connectivity index (χ2n) is 21.8. The summed E-state index contributed by atoms with van der Waals surface area (Å²) in [7, 11) is 0. The van der Waals surface area contributed by atoms with Crippen molar-refractivity contribution in [2.24, 2.45) is 23.2 Å². The van der Waals surface area contributed by atoms with Crippen LogP contribution in [0.4, 0.5) is 0 Å². The number of nitrogens with zero attached hydrogens (tertiary/aromatic N) is 2. The molecule has 0 aromatic heterocycles. The minimum absolute atomic E-state index is 0.0551. The number of carboxylic acid groups (broad SMARTS) is 2. The van der Waals surface area contributed by atoms with Crippen LogP contribution in [0.5, 0.6) is 5.75 Å². The zero-order valence-electron chi connectivity index (χ0n) is 36.9. The molecule has 0 saturated carbocycles. The molecule has 3 N–H and O–H groups in total. The lowest BCUT2D eigenvalue weighted by atomic mass is 9.57. The Morgan fingerprint density at radius 3 is 1.32 bits per heavy atom. The molecule has 1 aromatic rings. The van der Waals surface area contributed by atoms with Crippen molar-refractivity contribution in [1.82, 2.24) is 9.80 Å². The van der Waals surface area contributed by atoms with E-state index in [0.717, 1.165) is 68.3 Å². The molecule has 2 saturated heterocycles. The Labute approximate surface area is 324 Å². The Morgan fingerprint density at radius 2 is 1.04 bits per heavy atom. The van der Waals surface area contributed by atoms with Gasteiger partial charge in [-0.05, 0) is 178 Å². The number of likely N-dealkylation sites (tertiary alicyclic amines) is 2. The van der Waals surface area contributed by atoms with Crippen LogP contribution in [0, 0.1) is 23.2 Å². The van der Waals surface area contributed by atoms with Gasteiger partial charge in [-0.2, -0.15) is 0 Å². The first-order valence-electron chi connectivity index (χ1n) is 20.9. The van der Waals surface area contributed by atoms with Gasteiger partial charge in [0, 0.05) is 22.2 Å². The largest absolute Gasteiger partial charge is 0.507 e. The molecule has 7 heteroatoms. The summed E-state index contributed by atoms with van der Waals surface area (Å²) in [5.74, 6) is -1.78. The number of carboxylic acids is 2. The van der Waals surface area contributed by atoms with E-state index in [1.54, 1.807) is 0 Å². The molecule has 0 radical (unpaired) electrons. The second kappa shape index (κ2) is 15.8. The average Bonchev–Trinajstić information content (AvgIpc) is 2.96. The number of aliphatic carboxylic acids is 2. The summed E-state index contributed by atoms with van der Waals surface area (Å²) < 4.78 is 0. The summed E-state index contributed by atoms with van der Waals surface area (Å²) in [6.07, 6.45) is 7.00. The molecule has 53 heavy (non-hydrogen) atoms. The van der Waals surface area contributed by atoms with Gasteiger partial charge in [-0.3, -0.25) is 19.4 Å². The maximum Gasteiger partial charge on any atom is 0.321 e. The second-order valence-corrected chi connectivity index (χ2v) is 21.8. The highest BCUT2D eigenvalue weighted by Gasteiger charge is 2.56. The molecule has 0 amide bonds. The Hall–Kier alpha value is -2.12. The summed E-state index contributed by atoms with van der Waals surface area (Å²) in [6.45, 7) is 37.7. The summed E-state index contributed by atoms with van der Waals surface area (Å²) in [5.41, 5.74) is -0.137. The van der Waals surface area contributed by atoms with Gasteiger partial charge < -0.3 is 15.3 Å². The summed E-state index contributed by atoms with van der Waals surface area (Å²) >= 11 is 0. The number of aryl methyl sites for hydroxylation is 1. The minimum Gasteiger partial charge on any atom is -0.507 e. The standard InChI is InChI=1S/C46H80N2O5/c1-17-22-47-42(9,10)26-32(27-43(47,11)12)34(33-28-44(13,14)48(23-18-2)45(15,16)29-33)30-46(38(50)51,39(52)53)21-19-20-31-24-35(40(3,4)5)37(49)36(25-31)41(6,7)8/h24-25,32-34,49H,17-23,26-30H2,1-16H3,(H,50,51)(H,52,53). The van der Waals surface area contributed by atoms with Gasteiger partial charge in [-0.1, -0.05) is 67.5 Å². The van der Waals surface area contributed by atoms with Gasteiger partial charge in [-0.25, -0.2) is 0 Å². The summed E-state index contributed by atoms with van der Waals surface area (Å²) in [4.78, 5) is 32.4. The molecule has 2 aliphatic rings. The first kappa shape index (κ1) is 45.3. The van der Waals surface area contributed by atoms with Crippen LogP contribution in [0.3, 0.4) is 0 Å². The zero-order valence-corrected chi connectivity index (χ0v) is 36.9. The van der Waals surface area contributed by atoms with E-state index in [-0.39, 0.29) is 63.6 Å². The van der Waals surface area contributed by atoms with E-state index in [9.17, 15) is 24.9 Å². The van der Waals surface area contributed by atoms with Crippen molar-refractivity contribution in [1.29, 1.82) is 0 Å². The van der Waals surface area contributed by atoms with Crippen LogP contribution < -0.4 is 0 Å². The summed E-state index contributed by atoms with van der Waals surface area (Å²) in [5, 5.41) is 33.5. The molecule has 2 heterocycles. The van der Waals surface area contributed by atoms with E-state index in [2.05, 4.69) is 121 Å². The van der Waals surface area contributed by atoms with Crippen molar-refractivity contribution in [3.05, 3.63) is 28.8 Å². The Balaban J connectivity index is 2.12. The fourth-order valence-corrected chi connectivity index (χ4v) is 11.3. The summed E-state index contributed by atoms with van der Waals surface area (Å²) in [6, 6.07) is 4.08. The number of rotatable bonds is 14. The molecule has 2 aliphatic heterocycles. The molecular weight excluding hydrogens is 661 g/mol. The molecule has 304 valence electrons. The van der Waals surface area contributed by atoms with E-state index in [4.69, 9.17) is 0 Å². The van der Waals surface area contributed by atoms with E-state index in [1.165, 1.54) is 0 Å². The fraction of sp³-hybridized carbons (Fsp3) is 0.826. The van der Waals surface area contributed by atoms with Gasteiger partial charge in [0.25, 0.3) is 0 Å². The van der Waals surface area contributed by atoms with Gasteiger partial charge >= 0.3 is 11.9 Å². The average molecular weight is 741 g/mol. The highest BCUT2D eigenvalue weighted by molar-refractivity contribution is 5.98. The molecule has 0 unspecified atom stereocenters. The first-order chi connectivity index (χ1) is 24.0. The number of hydrogen-bond acceptors (Lipinski definition) is 5. The maximum atomic E-state index is 13.6. The van der Waals surface area contributed by atoms with Crippen LogP contribution in [0.1, 0.15) is 185 Å². The van der Waals surface area contributed by atoms with Crippen LogP contribution in [0.25, 0.3) is 0 Å². The Kier molecular flexibility index (Phi) is 13.5. The molecule has 1 aromatic carbocycles. The van der Waals surface area contributed by atoms with Crippen LogP contribution in [0.2, 0.25) is 0 Å². The monoisotopic (exact) mass is 741 g/mol. The number of piperidine rings is 2. The number of benzene rings is 1. The fourth-order valence-electron chi connectivity index (χ4n) is 11.3. The number of hydrogen-bond donors (Lipinski definition) is 3. The number of carbonyl (C=O) groups is 2. The SMILES string of the molecule is CCCN1C(C)(C)CC(C(CC(CCCc2cc(C(C)(C)C)c(O)c(C(C)(C)C)c2)(C(=O)O)C(=O)O)C2CC(C)(C)N(CCC)C(C)(C)C2)CC1(C)C. The third-order valence-electron chi connectivity index (χ3n) is 13.3. The van der Waals surface area contributed by atoms with Gasteiger partial charge in [-0.15, -0.1) is 0 Å². The van der Waals surface area contributed by atoms with Crippen molar-refractivity contribution in [2.45, 2.75) is 208 Å². The molecule has 0 atom stereocenters. The molecule has 0 aliphatic carbocycles. The van der Waals surface area contributed by atoms with Crippen LogP contribution in [0.15, 0.2) is 12.1 Å². The van der Waals surface area contributed by atoms with Crippen molar-refractivity contribution in [3.8, 4) is 5.75 Å². The van der Waals surface area contributed by atoms with E-state index in [1.807, 2.05) is 12.1 Å². The van der Waals surface area contributed by atoms with Gasteiger partial charge in [0.2, 0.25) is 0 Å². The Bertz CT molecular complexity index is 1310. The zero-order chi connectivity index (χ0) is 40.8. The number of phenols is 1. The van der Waals surface area contributed by atoms with Gasteiger partial charge in [0.15, 0.2) is 5.41 Å². The number of phenolic OH excluding ortho intramolecular Hbond substituents is 1. The third-order valence-corrected chi connectivity index (χ3v) is 13.3. The normalized spacial score (nSPS) is 21.6. The van der Waals surface area contributed by atoms with E-state index in [0.29, 0.717) is 18.6 Å². The molecule has 2 fully saturated rings. The predicted octanol–water partition coefficient (Wildman–Crippen LogP) is 10.8. The molecule has 3 rings (SSSR count). The molecular formula is C46H80N2O5. The van der Waals surface area contributed by atoms with Crippen molar-refractivity contribution >= 4 is 11.9 Å². The first-order valence-corrected chi connectivity index (χ1v) is 20.9. The third kappa shape index (κ3) is 9.83. The minimum atomic E-state index is -1.90. The maximum absolute atomic E-state index is 13.6.